The van der Waals surface area contributed by atoms with Gasteiger partial charge in [0.1, 0.15) is 5.76 Å². The van der Waals surface area contributed by atoms with E-state index < -0.39 is 5.97 Å². The molecule has 0 spiro atoms. The SMILES string of the molecule is Cc1cc(C(=O)O)ccc1N=Cc1cc(Br)c(I)o1. The van der Waals surface area contributed by atoms with Crippen LogP contribution in [0.3, 0.4) is 0 Å². The fraction of sp³-hybridized carbons (Fsp3) is 0.0769. The highest BCUT2D eigenvalue weighted by molar-refractivity contribution is 14.1. The molecule has 1 N–H and O–H groups in total. The molecule has 0 aliphatic rings. The lowest BCUT2D eigenvalue weighted by Gasteiger charge is -2.01. The number of aryl methyl sites for hydroxylation is 1. The molecule has 0 fully saturated rings. The predicted octanol–water partition coefficient (Wildman–Crippen LogP) is 4.40. The fourth-order valence-corrected chi connectivity index (χ4v) is 2.21. The van der Waals surface area contributed by atoms with Gasteiger partial charge in [0.2, 0.25) is 0 Å². The van der Waals surface area contributed by atoms with Gasteiger partial charge in [0, 0.05) is 28.7 Å². The number of carboxylic acid groups (broad SMARTS) is 1. The van der Waals surface area contributed by atoms with Crippen LogP contribution in [0.15, 0.2) is 38.1 Å². The summed E-state index contributed by atoms with van der Waals surface area (Å²) in [5.41, 5.74) is 1.77. The number of rotatable bonds is 3. The van der Waals surface area contributed by atoms with Gasteiger partial charge in [-0.2, -0.15) is 0 Å². The molecule has 98 valence electrons. The molecule has 0 saturated heterocycles. The van der Waals surface area contributed by atoms with Crippen molar-refractivity contribution in [2.24, 2.45) is 4.99 Å². The highest BCUT2D eigenvalue weighted by Gasteiger charge is 2.06. The summed E-state index contributed by atoms with van der Waals surface area (Å²) in [7, 11) is 0. The van der Waals surface area contributed by atoms with Gasteiger partial charge in [-0.05, 0) is 46.6 Å². The Hall–Kier alpha value is -1.15. The first-order valence-corrected chi connectivity index (χ1v) is 7.17. The molecule has 2 rings (SSSR count). The van der Waals surface area contributed by atoms with Crippen LogP contribution in [0.1, 0.15) is 21.7 Å². The number of aromatic carboxylic acids is 1. The average Bonchev–Trinajstić information content (AvgIpc) is 2.67. The summed E-state index contributed by atoms with van der Waals surface area (Å²) in [6, 6.07) is 6.63. The summed E-state index contributed by atoms with van der Waals surface area (Å²) in [6.45, 7) is 1.82. The number of benzene rings is 1. The lowest BCUT2D eigenvalue weighted by molar-refractivity contribution is 0.0697. The highest BCUT2D eigenvalue weighted by Crippen LogP contribution is 2.24. The Bertz CT molecular complexity index is 644. The smallest absolute Gasteiger partial charge is 0.335 e. The van der Waals surface area contributed by atoms with Crippen LogP contribution >= 0.6 is 38.5 Å². The molecule has 0 radical (unpaired) electrons. The van der Waals surface area contributed by atoms with Crippen LogP contribution in [0, 0.1) is 10.7 Å². The quantitative estimate of drug-likeness (QED) is 0.576. The van der Waals surface area contributed by atoms with Gasteiger partial charge < -0.3 is 9.52 Å². The molecular weight excluding hydrogens is 425 g/mol. The van der Waals surface area contributed by atoms with E-state index in [9.17, 15) is 4.79 Å². The van der Waals surface area contributed by atoms with Crippen molar-refractivity contribution in [3.8, 4) is 0 Å². The van der Waals surface area contributed by atoms with Gasteiger partial charge >= 0.3 is 5.97 Å². The molecule has 2 aromatic rings. The van der Waals surface area contributed by atoms with Crippen LogP contribution in [0.2, 0.25) is 0 Å². The van der Waals surface area contributed by atoms with Gasteiger partial charge in [-0.15, -0.1) is 0 Å². The lowest BCUT2D eigenvalue weighted by atomic mass is 10.1. The van der Waals surface area contributed by atoms with E-state index in [4.69, 9.17) is 9.52 Å². The van der Waals surface area contributed by atoms with Crippen molar-refractivity contribution in [2.45, 2.75) is 6.92 Å². The van der Waals surface area contributed by atoms with Crippen molar-refractivity contribution in [2.75, 3.05) is 0 Å². The normalized spacial score (nSPS) is 11.1. The monoisotopic (exact) mass is 433 g/mol. The summed E-state index contributed by atoms with van der Waals surface area (Å²) >= 11 is 5.43. The van der Waals surface area contributed by atoms with Gasteiger partial charge in [0.25, 0.3) is 0 Å². The number of carboxylic acids is 1. The van der Waals surface area contributed by atoms with E-state index in [1.54, 1.807) is 18.3 Å². The summed E-state index contributed by atoms with van der Waals surface area (Å²) < 4.78 is 7.08. The number of furan rings is 1. The minimum Gasteiger partial charge on any atom is -0.478 e. The molecule has 0 amide bonds. The third-order valence-corrected chi connectivity index (χ3v) is 4.57. The van der Waals surface area contributed by atoms with Crippen LogP contribution in [-0.4, -0.2) is 17.3 Å². The van der Waals surface area contributed by atoms with Gasteiger partial charge in [0.05, 0.1) is 21.9 Å². The van der Waals surface area contributed by atoms with Gasteiger partial charge in [-0.25, -0.2) is 4.79 Å². The minimum atomic E-state index is -0.942. The number of halogens is 2. The molecule has 4 nitrogen and oxygen atoms in total. The second kappa shape index (κ2) is 5.87. The zero-order chi connectivity index (χ0) is 14.0. The van der Waals surface area contributed by atoms with Gasteiger partial charge in [0.15, 0.2) is 3.77 Å². The van der Waals surface area contributed by atoms with E-state index in [1.165, 1.54) is 6.07 Å². The number of hydrogen-bond donors (Lipinski definition) is 1. The van der Waals surface area contributed by atoms with Crippen molar-refractivity contribution in [1.82, 2.24) is 0 Å². The second-order valence-electron chi connectivity index (χ2n) is 3.84. The third kappa shape index (κ3) is 3.44. The van der Waals surface area contributed by atoms with Crippen LogP contribution in [-0.2, 0) is 0 Å². The van der Waals surface area contributed by atoms with E-state index in [0.717, 1.165) is 13.8 Å². The van der Waals surface area contributed by atoms with Crippen LogP contribution in [0.4, 0.5) is 5.69 Å². The molecule has 1 heterocycles. The first-order valence-electron chi connectivity index (χ1n) is 5.30. The number of hydrogen-bond acceptors (Lipinski definition) is 3. The summed E-state index contributed by atoms with van der Waals surface area (Å²) in [5.74, 6) is -0.305. The van der Waals surface area contributed by atoms with E-state index in [-0.39, 0.29) is 5.56 Å². The van der Waals surface area contributed by atoms with Crippen LogP contribution < -0.4 is 0 Å². The van der Waals surface area contributed by atoms with Crippen LogP contribution in [0.25, 0.3) is 0 Å². The first kappa shape index (κ1) is 14.3. The third-order valence-electron chi connectivity index (χ3n) is 2.44. The molecule has 19 heavy (non-hydrogen) atoms. The largest absolute Gasteiger partial charge is 0.478 e. The van der Waals surface area contributed by atoms with Crippen LogP contribution in [0.5, 0.6) is 0 Å². The summed E-state index contributed by atoms with van der Waals surface area (Å²) in [4.78, 5) is 15.1. The number of carbonyl (C=O) groups is 1. The van der Waals surface area contributed by atoms with E-state index in [2.05, 4.69) is 43.5 Å². The maximum absolute atomic E-state index is 10.8. The Morgan fingerprint density at radius 2 is 2.21 bits per heavy atom. The molecule has 0 bridgehead atoms. The van der Waals surface area contributed by atoms with Crippen molar-refractivity contribution >= 4 is 56.4 Å². The van der Waals surface area contributed by atoms with Gasteiger partial charge in [-0.3, -0.25) is 4.99 Å². The Kier molecular flexibility index (Phi) is 4.41. The lowest BCUT2D eigenvalue weighted by Crippen LogP contribution is -1.95. The summed E-state index contributed by atoms with van der Waals surface area (Å²) in [5, 5.41) is 8.88. The molecule has 0 unspecified atom stereocenters. The van der Waals surface area contributed by atoms with Crippen molar-refractivity contribution in [3.63, 3.8) is 0 Å². The van der Waals surface area contributed by atoms with Crippen molar-refractivity contribution in [1.29, 1.82) is 0 Å². The Labute approximate surface area is 131 Å². The number of aliphatic imine (C=N–C) groups is 1. The topological polar surface area (TPSA) is 62.8 Å². The molecule has 6 heteroatoms. The average molecular weight is 434 g/mol. The van der Waals surface area contributed by atoms with Gasteiger partial charge in [-0.1, -0.05) is 0 Å². The standard InChI is InChI=1S/C13H9BrINO3/c1-7-4-8(13(17)18)2-3-11(7)16-6-9-5-10(14)12(15)19-9/h2-6H,1H3,(H,17,18). The van der Waals surface area contributed by atoms with E-state index in [0.29, 0.717) is 11.4 Å². The molecule has 1 aromatic carbocycles. The van der Waals surface area contributed by atoms with Crippen molar-refractivity contribution < 1.29 is 14.3 Å². The molecule has 0 aliphatic carbocycles. The second-order valence-corrected chi connectivity index (χ2v) is 5.67. The maximum atomic E-state index is 10.8. The molecule has 0 atom stereocenters. The van der Waals surface area contributed by atoms with E-state index in [1.807, 2.05) is 13.0 Å². The first-order chi connectivity index (χ1) is 8.97. The predicted molar refractivity (Wildman–Crippen MR) is 84.5 cm³/mol. The minimum absolute atomic E-state index is 0.256. The Morgan fingerprint density at radius 1 is 1.47 bits per heavy atom. The Balaban J connectivity index is 2.26. The summed E-state index contributed by atoms with van der Waals surface area (Å²) in [6.07, 6.45) is 1.61. The zero-order valence-electron chi connectivity index (χ0n) is 9.85. The molecular formula is C13H9BrINO3. The van der Waals surface area contributed by atoms with Crippen molar-refractivity contribution in [3.05, 3.63) is 49.4 Å². The maximum Gasteiger partial charge on any atom is 0.335 e. The fourth-order valence-electron chi connectivity index (χ4n) is 1.49. The highest BCUT2D eigenvalue weighted by atomic mass is 127. The molecule has 0 aliphatic heterocycles. The number of nitrogens with zero attached hydrogens (tertiary/aromatic N) is 1. The molecule has 0 saturated carbocycles. The molecule has 1 aromatic heterocycles. The Morgan fingerprint density at radius 3 is 2.74 bits per heavy atom. The van der Waals surface area contributed by atoms with E-state index >= 15 is 0 Å². The zero-order valence-corrected chi connectivity index (χ0v) is 13.6.